The Labute approximate surface area is 123 Å². The molecule has 0 amide bonds. The molecule has 2 aromatic rings. The van der Waals surface area contributed by atoms with Gasteiger partial charge in [-0.15, -0.1) is 0 Å². The molecular weight excluding hydrogens is 267 g/mol. The van der Waals surface area contributed by atoms with Crippen molar-refractivity contribution in [1.82, 2.24) is 0 Å². The Balaban J connectivity index is 1.94. The van der Waals surface area contributed by atoms with Crippen molar-refractivity contribution in [3.8, 4) is 11.5 Å². The molecule has 0 unspecified atom stereocenters. The SMILES string of the molecule is N=C(N)c1c(F)cccc1Oc1ccc2c(c1)CCCC2. The van der Waals surface area contributed by atoms with Crippen LogP contribution in [0.25, 0.3) is 0 Å². The third-order valence-electron chi connectivity index (χ3n) is 3.79. The van der Waals surface area contributed by atoms with E-state index in [9.17, 15) is 4.39 Å². The van der Waals surface area contributed by atoms with Gasteiger partial charge < -0.3 is 10.5 Å². The summed E-state index contributed by atoms with van der Waals surface area (Å²) in [6.07, 6.45) is 4.57. The Hall–Kier alpha value is -2.36. The number of aryl methyl sites for hydroxylation is 2. The molecular formula is C17H17FN2O. The zero-order chi connectivity index (χ0) is 14.8. The Morgan fingerprint density at radius 3 is 2.62 bits per heavy atom. The highest BCUT2D eigenvalue weighted by Gasteiger charge is 2.15. The van der Waals surface area contributed by atoms with Crippen molar-refractivity contribution < 1.29 is 9.13 Å². The maximum Gasteiger partial charge on any atom is 0.141 e. The number of nitrogens with two attached hydrogens (primary N) is 1. The van der Waals surface area contributed by atoms with E-state index in [-0.39, 0.29) is 17.1 Å². The molecule has 21 heavy (non-hydrogen) atoms. The minimum atomic E-state index is -0.544. The summed E-state index contributed by atoms with van der Waals surface area (Å²) >= 11 is 0. The van der Waals surface area contributed by atoms with Crippen LogP contribution in [-0.2, 0) is 12.8 Å². The lowest BCUT2D eigenvalue weighted by atomic mass is 9.92. The highest BCUT2D eigenvalue weighted by Crippen LogP contribution is 2.30. The van der Waals surface area contributed by atoms with Gasteiger partial charge in [0.15, 0.2) is 0 Å². The van der Waals surface area contributed by atoms with Gasteiger partial charge in [0.25, 0.3) is 0 Å². The average molecular weight is 284 g/mol. The predicted molar refractivity (Wildman–Crippen MR) is 80.6 cm³/mol. The van der Waals surface area contributed by atoms with Crippen LogP contribution in [0.1, 0.15) is 29.5 Å². The Morgan fingerprint density at radius 2 is 1.86 bits per heavy atom. The summed E-state index contributed by atoms with van der Waals surface area (Å²) in [7, 11) is 0. The Bertz CT molecular complexity index is 697. The molecule has 0 saturated carbocycles. The summed E-state index contributed by atoms with van der Waals surface area (Å²) < 4.78 is 19.5. The summed E-state index contributed by atoms with van der Waals surface area (Å²) in [5.74, 6) is 0.0565. The number of nitrogen functional groups attached to an aromatic ring is 1. The second-order valence-electron chi connectivity index (χ2n) is 5.27. The molecule has 0 spiro atoms. The maximum atomic E-state index is 13.8. The van der Waals surface area contributed by atoms with Crippen molar-refractivity contribution >= 4 is 5.84 Å². The van der Waals surface area contributed by atoms with Gasteiger partial charge in [0, 0.05) is 0 Å². The fourth-order valence-corrected chi connectivity index (χ4v) is 2.75. The molecule has 1 aliphatic rings. The van der Waals surface area contributed by atoms with Crippen molar-refractivity contribution in [3.63, 3.8) is 0 Å². The summed E-state index contributed by atoms with van der Waals surface area (Å²) in [4.78, 5) is 0. The molecule has 0 aromatic heterocycles. The highest BCUT2D eigenvalue weighted by molar-refractivity contribution is 5.98. The predicted octanol–water partition coefficient (Wildman–Crippen LogP) is 3.78. The molecule has 0 aliphatic heterocycles. The van der Waals surface area contributed by atoms with E-state index in [0.29, 0.717) is 5.75 Å². The van der Waals surface area contributed by atoms with Crippen molar-refractivity contribution in [2.45, 2.75) is 25.7 Å². The maximum absolute atomic E-state index is 13.8. The van der Waals surface area contributed by atoms with Crippen LogP contribution in [0.3, 0.4) is 0 Å². The molecule has 0 fully saturated rings. The molecule has 2 aromatic carbocycles. The third kappa shape index (κ3) is 2.75. The van der Waals surface area contributed by atoms with E-state index in [1.54, 1.807) is 12.1 Å². The highest BCUT2D eigenvalue weighted by atomic mass is 19.1. The van der Waals surface area contributed by atoms with Crippen LogP contribution >= 0.6 is 0 Å². The van der Waals surface area contributed by atoms with E-state index in [4.69, 9.17) is 15.9 Å². The number of benzene rings is 2. The number of hydrogen-bond donors (Lipinski definition) is 2. The van der Waals surface area contributed by atoms with Gasteiger partial charge in [0.2, 0.25) is 0 Å². The van der Waals surface area contributed by atoms with Crippen LogP contribution in [0, 0.1) is 11.2 Å². The summed E-state index contributed by atoms with van der Waals surface area (Å²) in [6.45, 7) is 0. The van der Waals surface area contributed by atoms with Crippen LogP contribution in [0.5, 0.6) is 11.5 Å². The Kier molecular flexibility index (Phi) is 3.60. The summed E-state index contributed by atoms with van der Waals surface area (Å²) in [5.41, 5.74) is 8.10. The molecule has 0 atom stereocenters. The van der Waals surface area contributed by atoms with E-state index in [2.05, 4.69) is 6.07 Å². The largest absolute Gasteiger partial charge is 0.456 e. The van der Waals surface area contributed by atoms with Gasteiger partial charge in [-0.25, -0.2) is 4.39 Å². The Morgan fingerprint density at radius 1 is 1.10 bits per heavy atom. The first kappa shape index (κ1) is 13.6. The number of nitrogens with one attached hydrogen (secondary N) is 1. The molecule has 4 heteroatoms. The molecule has 1 aliphatic carbocycles. The van der Waals surface area contributed by atoms with Crippen LogP contribution < -0.4 is 10.5 Å². The lowest BCUT2D eigenvalue weighted by molar-refractivity contribution is 0.473. The first-order chi connectivity index (χ1) is 10.1. The van der Waals surface area contributed by atoms with Crippen LogP contribution in [0.15, 0.2) is 36.4 Å². The number of hydrogen-bond acceptors (Lipinski definition) is 2. The monoisotopic (exact) mass is 284 g/mol. The van der Waals surface area contributed by atoms with Gasteiger partial charge >= 0.3 is 0 Å². The second kappa shape index (κ2) is 5.56. The van der Waals surface area contributed by atoms with E-state index in [1.165, 1.54) is 30.0 Å². The average Bonchev–Trinajstić information content (AvgIpc) is 2.47. The van der Waals surface area contributed by atoms with Crippen molar-refractivity contribution in [2.75, 3.05) is 0 Å². The molecule has 0 heterocycles. The van der Waals surface area contributed by atoms with Crippen LogP contribution in [-0.4, -0.2) is 5.84 Å². The minimum absolute atomic E-state index is 0.00946. The van der Waals surface area contributed by atoms with Gasteiger partial charge in [0.1, 0.15) is 23.2 Å². The molecule has 0 saturated heterocycles. The van der Waals surface area contributed by atoms with E-state index >= 15 is 0 Å². The first-order valence-corrected chi connectivity index (χ1v) is 7.08. The van der Waals surface area contributed by atoms with Gasteiger partial charge in [-0.1, -0.05) is 12.1 Å². The van der Waals surface area contributed by atoms with Crippen molar-refractivity contribution in [2.24, 2.45) is 5.73 Å². The van der Waals surface area contributed by atoms with E-state index in [0.717, 1.165) is 12.8 Å². The molecule has 3 N–H and O–H groups in total. The third-order valence-corrected chi connectivity index (χ3v) is 3.79. The molecule has 3 nitrogen and oxygen atoms in total. The number of rotatable bonds is 3. The molecule has 0 bridgehead atoms. The number of halogens is 1. The summed E-state index contributed by atoms with van der Waals surface area (Å²) in [5, 5.41) is 7.49. The smallest absolute Gasteiger partial charge is 0.141 e. The topological polar surface area (TPSA) is 59.1 Å². The van der Waals surface area contributed by atoms with E-state index in [1.807, 2.05) is 12.1 Å². The van der Waals surface area contributed by atoms with Crippen LogP contribution in [0.2, 0.25) is 0 Å². The first-order valence-electron chi connectivity index (χ1n) is 7.08. The molecule has 3 rings (SSSR count). The molecule has 108 valence electrons. The second-order valence-corrected chi connectivity index (χ2v) is 5.27. The fourth-order valence-electron chi connectivity index (χ4n) is 2.75. The summed E-state index contributed by atoms with van der Waals surface area (Å²) in [6, 6.07) is 10.4. The van der Waals surface area contributed by atoms with E-state index < -0.39 is 5.82 Å². The standard InChI is InChI=1S/C17H17FN2O/c18-14-6-3-7-15(16(14)17(19)20)21-13-9-8-11-4-1-2-5-12(11)10-13/h3,6-10H,1-2,4-5H2,(H3,19,20). The van der Waals surface area contributed by atoms with Gasteiger partial charge in [-0.2, -0.15) is 0 Å². The zero-order valence-electron chi connectivity index (χ0n) is 11.7. The van der Waals surface area contributed by atoms with Gasteiger partial charge in [0.05, 0.1) is 5.56 Å². The molecule has 0 radical (unpaired) electrons. The van der Waals surface area contributed by atoms with Crippen molar-refractivity contribution in [3.05, 3.63) is 58.9 Å². The number of ether oxygens (including phenoxy) is 1. The van der Waals surface area contributed by atoms with Crippen LogP contribution in [0.4, 0.5) is 4.39 Å². The quantitative estimate of drug-likeness (QED) is 0.665. The fraction of sp³-hybridized carbons (Fsp3) is 0.235. The lowest BCUT2D eigenvalue weighted by Gasteiger charge is -2.17. The van der Waals surface area contributed by atoms with Crippen molar-refractivity contribution in [1.29, 1.82) is 5.41 Å². The number of fused-ring (bicyclic) bond motifs is 1. The normalized spacial score (nSPS) is 13.6. The van der Waals surface area contributed by atoms with Gasteiger partial charge in [-0.3, -0.25) is 5.41 Å². The van der Waals surface area contributed by atoms with Gasteiger partial charge in [-0.05, 0) is 61.1 Å². The zero-order valence-corrected chi connectivity index (χ0v) is 11.7. The lowest BCUT2D eigenvalue weighted by Crippen LogP contribution is -2.14. The number of amidine groups is 1. The minimum Gasteiger partial charge on any atom is -0.456 e.